The third-order valence-corrected chi connectivity index (χ3v) is 9.74. The second-order valence-electron chi connectivity index (χ2n) is 10.5. The van der Waals surface area contributed by atoms with Crippen molar-refractivity contribution in [1.82, 2.24) is 4.31 Å². The fraction of sp³-hybridized carbons (Fsp3) is 0.375. The Hall–Kier alpha value is -3.27. The van der Waals surface area contributed by atoms with Gasteiger partial charge in [-0.3, -0.25) is 9.59 Å². The molecule has 0 unspecified atom stereocenters. The first-order chi connectivity index (χ1) is 20.1. The summed E-state index contributed by atoms with van der Waals surface area (Å²) in [6.07, 6.45) is 3.17. The fourth-order valence-corrected chi connectivity index (χ4v) is 7.02. The number of rotatable bonds is 11. The highest BCUT2D eigenvalue weighted by atomic mass is 35.5. The summed E-state index contributed by atoms with van der Waals surface area (Å²) in [5.41, 5.74) is 2.25. The maximum atomic E-state index is 15.2. The van der Waals surface area contributed by atoms with Crippen LogP contribution in [0.15, 0.2) is 71.6 Å². The number of amides is 1. The molecule has 10 heteroatoms. The number of ether oxygens (including phenoxy) is 1. The number of nitrogens with zero attached hydrogens (tertiary/aromatic N) is 1. The van der Waals surface area contributed by atoms with Crippen molar-refractivity contribution in [1.29, 1.82) is 0 Å². The third-order valence-electron chi connectivity index (χ3n) is 7.66. The van der Waals surface area contributed by atoms with Gasteiger partial charge in [-0.15, -0.1) is 0 Å². The van der Waals surface area contributed by atoms with Gasteiger partial charge in [-0.25, -0.2) is 12.8 Å². The highest BCUT2D eigenvalue weighted by Crippen LogP contribution is 2.33. The van der Waals surface area contributed by atoms with Crippen LogP contribution in [0.4, 0.5) is 10.1 Å². The van der Waals surface area contributed by atoms with E-state index >= 15 is 4.39 Å². The molecule has 42 heavy (non-hydrogen) atoms. The summed E-state index contributed by atoms with van der Waals surface area (Å²) in [5.74, 6) is -1.92. The SMILES string of the molecule is CCOC(=O)C1CCC(CN(Cc2ccc(Cl)cc2)S(=O)(=O)c2cc(C(=O)Nc3ccccc3CC)ccc2F)CC1. The molecule has 224 valence electrons. The molecule has 0 radical (unpaired) electrons. The average Bonchev–Trinajstić information content (AvgIpc) is 2.98. The molecule has 0 atom stereocenters. The van der Waals surface area contributed by atoms with E-state index in [1.165, 1.54) is 10.4 Å². The summed E-state index contributed by atoms with van der Waals surface area (Å²) in [7, 11) is -4.37. The highest BCUT2D eigenvalue weighted by Gasteiger charge is 2.34. The largest absolute Gasteiger partial charge is 0.466 e. The van der Waals surface area contributed by atoms with Crippen molar-refractivity contribution >= 4 is 39.2 Å². The molecular formula is C32H36ClFN2O5S. The van der Waals surface area contributed by atoms with E-state index in [-0.39, 0.29) is 36.5 Å². The molecule has 0 heterocycles. The Morgan fingerprint density at radius 3 is 2.36 bits per heavy atom. The topological polar surface area (TPSA) is 92.8 Å². The van der Waals surface area contributed by atoms with Crippen molar-refractivity contribution in [3.8, 4) is 0 Å². The zero-order chi connectivity index (χ0) is 30.3. The average molecular weight is 615 g/mol. The molecule has 0 aromatic heterocycles. The van der Waals surface area contributed by atoms with Crippen LogP contribution in [-0.4, -0.2) is 37.8 Å². The van der Waals surface area contributed by atoms with Gasteiger partial charge in [0.1, 0.15) is 10.7 Å². The molecule has 0 spiro atoms. The van der Waals surface area contributed by atoms with Crippen LogP contribution < -0.4 is 5.32 Å². The van der Waals surface area contributed by atoms with Crippen LogP contribution in [0.2, 0.25) is 5.02 Å². The van der Waals surface area contributed by atoms with Crippen molar-refractivity contribution in [2.75, 3.05) is 18.5 Å². The number of carbonyl (C=O) groups excluding carboxylic acids is 2. The summed E-state index contributed by atoms with van der Waals surface area (Å²) < 4.78 is 49.7. The minimum Gasteiger partial charge on any atom is -0.466 e. The molecule has 1 amide bonds. The van der Waals surface area contributed by atoms with Crippen molar-refractivity contribution < 1.29 is 27.1 Å². The van der Waals surface area contributed by atoms with Gasteiger partial charge in [-0.2, -0.15) is 4.31 Å². The van der Waals surface area contributed by atoms with Crippen LogP contribution in [-0.2, 0) is 32.5 Å². The summed E-state index contributed by atoms with van der Waals surface area (Å²) in [5, 5.41) is 3.33. The van der Waals surface area contributed by atoms with E-state index in [0.717, 1.165) is 17.7 Å². The van der Waals surface area contributed by atoms with Crippen LogP contribution in [0, 0.1) is 17.7 Å². The van der Waals surface area contributed by atoms with E-state index in [1.807, 2.05) is 19.1 Å². The zero-order valence-corrected chi connectivity index (χ0v) is 25.4. The van der Waals surface area contributed by atoms with Gasteiger partial charge in [0.05, 0.1) is 12.5 Å². The molecule has 1 N–H and O–H groups in total. The molecular weight excluding hydrogens is 579 g/mol. The maximum Gasteiger partial charge on any atom is 0.308 e. The Morgan fingerprint density at radius 1 is 1.00 bits per heavy atom. The molecule has 7 nitrogen and oxygen atoms in total. The zero-order valence-electron chi connectivity index (χ0n) is 23.8. The Morgan fingerprint density at radius 2 is 1.69 bits per heavy atom. The lowest BCUT2D eigenvalue weighted by Crippen LogP contribution is -2.37. The number of hydrogen-bond acceptors (Lipinski definition) is 5. The first-order valence-electron chi connectivity index (χ1n) is 14.2. The van der Waals surface area contributed by atoms with Crippen LogP contribution in [0.25, 0.3) is 0 Å². The predicted molar refractivity (Wildman–Crippen MR) is 161 cm³/mol. The first kappa shape index (κ1) is 31.7. The minimum absolute atomic E-state index is 0.00293. The Bertz CT molecular complexity index is 1510. The number of hydrogen-bond donors (Lipinski definition) is 1. The van der Waals surface area contributed by atoms with Gasteiger partial charge >= 0.3 is 5.97 Å². The molecule has 1 saturated carbocycles. The third kappa shape index (κ3) is 7.76. The molecule has 1 fully saturated rings. The lowest BCUT2D eigenvalue weighted by Gasteiger charge is -2.32. The maximum absolute atomic E-state index is 15.2. The molecule has 1 aliphatic rings. The monoisotopic (exact) mass is 614 g/mol. The van der Waals surface area contributed by atoms with Gasteiger partial charge in [-0.05, 0) is 92.5 Å². The lowest BCUT2D eigenvalue weighted by atomic mass is 9.82. The number of para-hydroxylation sites is 1. The molecule has 1 aliphatic carbocycles. The highest BCUT2D eigenvalue weighted by molar-refractivity contribution is 7.89. The fourth-order valence-electron chi connectivity index (χ4n) is 5.30. The van der Waals surface area contributed by atoms with E-state index in [9.17, 15) is 18.0 Å². The number of carbonyl (C=O) groups is 2. The number of aryl methyl sites for hydroxylation is 1. The van der Waals surface area contributed by atoms with Gasteiger partial charge in [0.25, 0.3) is 5.91 Å². The number of esters is 1. The molecule has 0 bridgehead atoms. The second kappa shape index (κ2) is 14.3. The second-order valence-corrected chi connectivity index (χ2v) is 12.8. The Labute approximate surface area is 252 Å². The van der Waals surface area contributed by atoms with Crippen molar-refractivity contribution in [3.05, 3.63) is 94.3 Å². The number of sulfonamides is 1. The predicted octanol–water partition coefficient (Wildman–Crippen LogP) is 6.85. The quantitative estimate of drug-likeness (QED) is 0.238. The van der Waals surface area contributed by atoms with E-state index < -0.39 is 26.6 Å². The van der Waals surface area contributed by atoms with Crippen LogP contribution in [0.3, 0.4) is 0 Å². The van der Waals surface area contributed by atoms with E-state index in [0.29, 0.717) is 55.0 Å². The van der Waals surface area contributed by atoms with E-state index in [1.54, 1.807) is 43.3 Å². The minimum atomic E-state index is -4.37. The van der Waals surface area contributed by atoms with Crippen molar-refractivity contribution in [2.45, 2.75) is 57.4 Å². The number of anilines is 1. The molecule has 0 aliphatic heterocycles. The summed E-state index contributed by atoms with van der Waals surface area (Å²) in [6, 6.07) is 17.5. The van der Waals surface area contributed by atoms with Gasteiger partial charge in [0, 0.05) is 29.4 Å². The molecule has 3 aromatic rings. The standard InChI is InChI=1S/C32H36ClFN2O5S/c1-3-24-7-5-6-8-29(24)35-31(37)26-15-18-28(34)30(19-26)42(39,40)36(21-23-11-16-27(33)17-12-23)20-22-9-13-25(14-10-22)32(38)41-4-2/h5-8,11-12,15-19,22,25H,3-4,9-10,13-14,20-21H2,1-2H3,(H,35,37). The summed E-state index contributed by atoms with van der Waals surface area (Å²) >= 11 is 6.04. The first-order valence-corrected chi connectivity index (χ1v) is 16.0. The Balaban J connectivity index is 1.60. The van der Waals surface area contributed by atoms with Gasteiger partial charge < -0.3 is 10.1 Å². The van der Waals surface area contributed by atoms with Crippen molar-refractivity contribution in [3.63, 3.8) is 0 Å². The van der Waals surface area contributed by atoms with Crippen LogP contribution in [0.5, 0.6) is 0 Å². The molecule has 0 saturated heterocycles. The lowest BCUT2D eigenvalue weighted by molar-refractivity contribution is -0.149. The molecule has 4 rings (SSSR count). The van der Waals surface area contributed by atoms with Crippen LogP contribution in [0.1, 0.15) is 61.0 Å². The van der Waals surface area contributed by atoms with E-state index in [4.69, 9.17) is 16.3 Å². The van der Waals surface area contributed by atoms with E-state index in [2.05, 4.69) is 5.32 Å². The number of nitrogens with one attached hydrogen (secondary N) is 1. The normalized spacial score (nSPS) is 17.2. The van der Waals surface area contributed by atoms with Crippen molar-refractivity contribution in [2.24, 2.45) is 11.8 Å². The Kier molecular flexibility index (Phi) is 10.8. The van der Waals surface area contributed by atoms with Crippen LogP contribution >= 0.6 is 11.6 Å². The number of halogens is 2. The summed E-state index contributed by atoms with van der Waals surface area (Å²) in [4.78, 5) is 24.8. The number of benzene rings is 3. The summed E-state index contributed by atoms with van der Waals surface area (Å²) in [6.45, 7) is 4.19. The molecule has 3 aromatic carbocycles. The van der Waals surface area contributed by atoms with Gasteiger partial charge in [-0.1, -0.05) is 48.9 Å². The van der Waals surface area contributed by atoms with Gasteiger partial charge in [0.2, 0.25) is 10.0 Å². The smallest absolute Gasteiger partial charge is 0.308 e. The van der Waals surface area contributed by atoms with Gasteiger partial charge in [0.15, 0.2) is 0 Å².